The number of nitrogens with zero attached hydrogens (tertiary/aromatic N) is 5. The van der Waals surface area contributed by atoms with Gasteiger partial charge < -0.3 is 5.32 Å². The minimum atomic E-state index is -0.364. The highest BCUT2D eigenvalue weighted by Crippen LogP contribution is 2.26. The van der Waals surface area contributed by atoms with Gasteiger partial charge in [-0.1, -0.05) is 30.3 Å². The third kappa shape index (κ3) is 4.08. The van der Waals surface area contributed by atoms with E-state index in [2.05, 4.69) is 41.0 Å². The van der Waals surface area contributed by atoms with Crippen molar-refractivity contribution in [1.29, 1.82) is 0 Å². The summed E-state index contributed by atoms with van der Waals surface area (Å²) in [6, 6.07) is 15.1. The SMILES string of the molecule is Cc1cc(-c2n[nH]c3cc(NC(=O)NCC4=NN=C(c5ccccc5)C4)ncc23)ccn1. The maximum absolute atomic E-state index is 12.3. The lowest BCUT2D eigenvalue weighted by molar-refractivity contribution is 0.253. The predicted molar refractivity (Wildman–Crippen MR) is 124 cm³/mol. The van der Waals surface area contributed by atoms with Gasteiger partial charge in [0.2, 0.25) is 0 Å². The molecule has 158 valence electrons. The molecule has 1 aromatic carbocycles. The van der Waals surface area contributed by atoms with Gasteiger partial charge in [-0.05, 0) is 24.6 Å². The third-order valence-corrected chi connectivity index (χ3v) is 5.10. The summed E-state index contributed by atoms with van der Waals surface area (Å²) in [6.45, 7) is 2.24. The van der Waals surface area contributed by atoms with Crippen molar-refractivity contribution in [3.63, 3.8) is 0 Å². The molecular weight excluding hydrogens is 404 g/mol. The Morgan fingerprint density at radius 3 is 2.78 bits per heavy atom. The van der Waals surface area contributed by atoms with Crippen molar-refractivity contribution in [1.82, 2.24) is 25.5 Å². The Bertz CT molecular complexity index is 1360. The first kappa shape index (κ1) is 19.6. The number of pyridine rings is 2. The van der Waals surface area contributed by atoms with Crippen molar-refractivity contribution in [3.8, 4) is 11.3 Å². The zero-order valence-electron chi connectivity index (χ0n) is 17.3. The van der Waals surface area contributed by atoms with Crippen molar-refractivity contribution in [2.24, 2.45) is 10.2 Å². The summed E-state index contributed by atoms with van der Waals surface area (Å²) in [4.78, 5) is 20.9. The molecule has 0 radical (unpaired) electrons. The molecule has 0 bridgehead atoms. The van der Waals surface area contributed by atoms with Gasteiger partial charge in [0, 0.05) is 41.5 Å². The Morgan fingerprint density at radius 2 is 1.94 bits per heavy atom. The van der Waals surface area contributed by atoms with E-state index in [1.807, 2.05) is 49.4 Å². The minimum absolute atomic E-state index is 0.309. The average molecular weight is 424 g/mol. The van der Waals surface area contributed by atoms with Gasteiger partial charge in [-0.25, -0.2) is 9.78 Å². The monoisotopic (exact) mass is 424 g/mol. The Kier molecular flexibility index (Phi) is 5.12. The number of amides is 2. The van der Waals surface area contributed by atoms with E-state index >= 15 is 0 Å². The molecular formula is C23H20N8O. The molecule has 2 amide bonds. The van der Waals surface area contributed by atoms with Crippen molar-refractivity contribution < 1.29 is 4.79 Å². The molecule has 0 fully saturated rings. The first-order chi connectivity index (χ1) is 15.7. The van der Waals surface area contributed by atoms with E-state index in [9.17, 15) is 4.79 Å². The summed E-state index contributed by atoms with van der Waals surface area (Å²) in [7, 11) is 0. The van der Waals surface area contributed by atoms with Crippen LogP contribution in [0.5, 0.6) is 0 Å². The van der Waals surface area contributed by atoms with Crippen LogP contribution >= 0.6 is 0 Å². The van der Waals surface area contributed by atoms with E-state index in [1.54, 1.807) is 18.5 Å². The lowest BCUT2D eigenvalue weighted by atomic mass is 10.1. The number of hydrogen-bond acceptors (Lipinski definition) is 6. The lowest BCUT2D eigenvalue weighted by Crippen LogP contribution is -2.33. The second-order valence-corrected chi connectivity index (χ2v) is 7.44. The van der Waals surface area contributed by atoms with Crippen LogP contribution in [0.15, 0.2) is 71.1 Å². The number of urea groups is 1. The molecule has 4 aromatic rings. The van der Waals surface area contributed by atoms with E-state index in [0.717, 1.165) is 44.8 Å². The van der Waals surface area contributed by atoms with Gasteiger partial charge >= 0.3 is 6.03 Å². The molecule has 0 saturated heterocycles. The Morgan fingerprint density at radius 1 is 1.06 bits per heavy atom. The molecule has 9 heteroatoms. The number of nitrogens with one attached hydrogen (secondary N) is 3. The van der Waals surface area contributed by atoms with Crippen LogP contribution in [0.3, 0.4) is 0 Å². The molecule has 3 aromatic heterocycles. The van der Waals surface area contributed by atoms with Gasteiger partial charge in [0.15, 0.2) is 0 Å². The standard InChI is InChI=1S/C23H20N8O/c1-14-9-16(7-8-24-14)22-18-13-25-21(11-20(18)30-31-22)27-23(32)26-12-17-10-19(29-28-17)15-5-3-2-4-6-15/h2-9,11,13H,10,12H2,1H3,(H,30,31)(H2,25,26,27,32). The Labute approximate surface area is 183 Å². The summed E-state index contributed by atoms with van der Waals surface area (Å²) in [6.07, 6.45) is 4.06. The van der Waals surface area contributed by atoms with Crippen molar-refractivity contribution in [2.75, 3.05) is 11.9 Å². The summed E-state index contributed by atoms with van der Waals surface area (Å²) >= 11 is 0. The largest absolute Gasteiger partial charge is 0.332 e. The van der Waals surface area contributed by atoms with E-state index < -0.39 is 0 Å². The highest BCUT2D eigenvalue weighted by molar-refractivity contribution is 6.16. The fourth-order valence-electron chi connectivity index (χ4n) is 3.52. The van der Waals surface area contributed by atoms with Crippen LogP contribution in [0.2, 0.25) is 0 Å². The molecule has 4 heterocycles. The minimum Gasteiger partial charge on any atom is -0.332 e. The molecule has 5 rings (SSSR count). The highest BCUT2D eigenvalue weighted by atomic mass is 16.2. The zero-order chi connectivity index (χ0) is 21.9. The predicted octanol–water partition coefficient (Wildman–Crippen LogP) is 3.70. The summed E-state index contributed by atoms with van der Waals surface area (Å²) in [5.74, 6) is 0.422. The second-order valence-electron chi connectivity index (χ2n) is 7.44. The maximum Gasteiger partial charge on any atom is 0.320 e. The number of fused-ring (bicyclic) bond motifs is 1. The van der Waals surface area contributed by atoms with Gasteiger partial charge in [0.1, 0.15) is 11.5 Å². The number of anilines is 1. The fourth-order valence-corrected chi connectivity index (χ4v) is 3.52. The maximum atomic E-state index is 12.3. The number of aryl methyl sites for hydroxylation is 1. The Balaban J connectivity index is 1.19. The van der Waals surface area contributed by atoms with Crippen molar-refractivity contribution in [3.05, 3.63) is 72.2 Å². The molecule has 0 aliphatic carbocycles. The van der Waals surface area contributed by atoms with Gasteiger partial charge in [0.05, 0.1) is 23.5 Å². The van der Waals surface area contributed by atoms with Crippen LogP contribution in [0.4, 0.5) is 10.6 Å². The molecule has 9 nitrogen and oxygen atoms in total. The second kappa shape index (κ2) is 8.38. The molecule has 3 N–H and O–H groups in total. The van der Waals surface area contributed by atoms with Crippen LogP contribution in [-0.2, 0) is 0 Å². The number of benzene rings is 1. The van der Waals surface area contributed by atoms with E-state index in [1.165, 1.54) is 0 Å². The first-order valence-electron chi connectivity index (χ1n) is 10.2. The number of hydrogen-bond donors (Lipinski definition) is 3. The van der Waals surface area contributed by atoms with Crippen molar-refractivity contribution >= 4 is 34.2 Å². The summed E-state index contributed by atoms with van der Waals surface area (Å²) in [5, 5.41) is 22.2. The number of aromatic nitrogens is 4. The summed E-state index contributed by atoms with van der Waals surface area (Å²) in [5.41, 5.74) is 6.17. The first-order valence-corrected chi connectivity index (χ1v) is 10.2. The molecule has 0 spiro atoms. The van der Waals surface area contributed by atoms with E-state index in [4.69, 9.17) is 0 Å². The molecule has 0 unspecified atom stereocenters. The molecule has 0 atom stereocenters. The molecule has 1 aliphatic rings. The average Bonchev–Trinajstić information content (AvgIpc) is 3.45. The number of H-pyrrole nitrogens is 1. The smallest absolute Gasteiger partial charge is 0.320 e. The van der Waals surface area contributed by atoms with Crippen LogP contribution in [0, 0.1) is 6.92 Å². The Hall–Kier alpha value is -4.40. The number of carbonyl (C=O) groups excluding carboxylic acids is 1. The van der Waals surface area contributed by atoms with Crippen LogP contribution in [-0.4, -0.2) is 44.2 Å². The topological polar surface area (TPSA) is 120 Å². The van der Waals surface area contributed by atoms with Crippen LogP contribution < -0.4 is 10.6 Å². The number of aromatic amines is 1. The highest BCUT2D eigenvalue weighted by Gasteiger charge is 2.15. The van der Waals surface area contributed by atoms with Gasteiger partial charge in [-0.15, -0.1) is 0 Å². The van der Waals surface area contributed by atoms with Crippen molar-refractivity contribution in [2.45, 2.75) is 13.3 Å². The van der Waals surface area contributed by atoms with E-state index in [0.29, 0.717) is 18.8 Å². The zero-order valence-corrected chi connectivity index (χ0v) is 17.3. The van der Waals surface area contributed by atoms with Crippen LogP contribution in [0.1, 0.15) is 17.7 Å². The third-order valence-electron chi connectivity index (χ3n) is 5.10. The number of carbonyl (C=O) groups is 1. The summed E-state index contributed by atoms with van der Waals surface area (Å²) < 4.78 is 0. The van der Waals surface area contributed by atoms with Gasteiger partial charge in [-0.2, -0.15) is 15.3 Å². The number of rotatable bonds is 5. The molecule has 0 saturated carbocycles. The quantitative estimate of drug-likeness (QED) is 0.452. The van der Waals surface area contributed by atoms with Crippen LogP contribution in [0.25, 0.3) is 22.2 Å². The fraction of sp³-hybridized carbons (Fsp3) is 0.130. The van der Waals surface area contributed by atoms with Gasteiger partial charge in [-0.3, -0.25) is 15.4 Å². The van der Waals surface area contributed by atoms with E-state index in [-0.39, 0.29) is 6.03 Å². The van der Waals surface area contributed by atoms with Gasteiger partial charge in [0.25, 0.3) is 0 Å². The molecule has 32 heavy (non-hydrogen) atoms. The lowest BCUT2D eigenvalue weighted by Gasteiger charge is -2.07. The normalized spacial score (nSPS) is 13.0. The molecule has 1 aliphatic heterocycles.